The van der Waals surface area contributed by atoms with Gasteiger partial charge in [0.05, 0.1) is 19.8 Å². The number of hydrogen-bond acceptors (Lipinski definition) is 3. The van der Waals surface area contributed by atoms with E-state index in [1.165, 1.54) is 0 Å². The summed E-state index contributed by atoms with van der Waals surface area (Å²) in [5, 5.41) is 0. The van der Waals surface area contributed by atoms with Gasteiger partial charge in [-0.15, -0.1) is 0 Å². The number of ether oxygens (including phenoxy) is 2. The van der Waals surface area contributed by atoms with Gasteiger partial charge in [0.1, 0.15) is 11.5 Å². The van der Waals surface area contributed by atoms with Crippen LogP contribution in [0.5, 0.6) is 11.5 Å². The zero-order chi connectivity index (χ0) is 14.5. The first kappa shape index (κ1) is 14.9. The molecule has 106 valence electrons. The van der Waals surface area contributed by atoms with Crippen LogP contribution in [0.15, 0.2) is 46.9 Å². The van der Waals surface area contributed by atoms with Gasteiger partial charge in [0.15, 0.2) is 0 Å². The molecule has 0 bridgehead atoms. The fraction of sp³-hybridized carbons (Fsp3) is 0.250. The van der Waals surface area contributed by atoms with E-state index in [-0.39, 0.29) is 6.04 Å². The summed E-state index contributed by atoms with van der Waals surface area (Å²) in [4.78, 5) is 0. The second-order valence-electron chi connectivity index (χ2n) is 4.34. The van der Waals surface area contributed by atoms with E-state index >= 15 is 0 Å². The summed E-state index contributed by atoms with van der Waals surface area (Å²) < 4.78 is 11.9. The fourth-order valence-corrected chi connectivity index (χ4v) is 2.57. The van der Waals surface area contributed by atoms with Gasteiger partial charge in [-0.05, 0) is 36.8 Å². The molecule has 0 aliphatic carbocycles. The Kier molecular flexibility index (Phi) is 5.04. The quantitative estimate of drug-likeness (QED) is 0.900. The van der Waals surface area contributed by atoms with Crippen molar-refractivity contribution in [3.8, 4) is 11.5 Å². The van der Waals surface area contributed by atoms with Crippen molar-refractivity contribution >= 4 is 15.9 Å². The molecule has 2 N–H and O–H groups in total. The highest BCUT2D eigenvalue weighted by atomic mass is 79.9. The maximum Gasteiger partial charge on any atom is 0.124 e. The van der Waals surface area contributed by atoms with Crippen molar-refractivity contribution in [2.24, 2.45) is 5.73 Å². The van der Waals surface area contributed by atoms with Crippen LogP contribution >= 0.6 is 15.9 Å². The summed E-state index contributed by atoms with van der Waals surface area (Å²) in [5.74, 6) is 1.60. The molecule has 0 fully saturated rings. The minimum absolute atomic E-state index is 0.276. The van der Waals surface area contributed by atoms with E-state index < -0.39 is 0 Å². The molecule has 2 aromatic rings. The monoisotopic (exact) mass is 335 g/mol. The molecular weight excluding hydrogens is 318 g/mol. The van der Waals surface area contributed by atoms with Gasteiger partial charge in [0.25, 0.3) is 0 Å². The molecule has 20 heavy (non-hydrogen) atoms. The topological polar surface area (TPSA) is 44.5 Å². The number of rotatable bonds is 5. The van der Waals surface area contributed by atoms with Crippen LogP contribution in [0.3, 0.4) is 0 Å². The molecule has 1 atom stereocenters. The van der Waals surface area contributed by atoms with Crippen LogP contribution in [0.2, 0.25) is 0 Å². The largest absolute Gasteiger partial charge is 0.497 e. The van der Waals surface area contributed by atoms with Gasteiger partial charge in [-0.25, -0.2) is 0 Å². The molecule has 4 heteroatoms. The third-order valence-corrected chi connectivity index (χ3v) is 3.81. The number of hydrogen-bond donors (Lipinski definition) is 1. The van der Waals surface area contributed by atoms with Crippen molar-refractivity contribution in [2.45, 2.75) is 13.0 Å². The van der Waals surface area contributed by atoms with Crippen molar-refractivity contribution in [2.75, 3.05) is 13.7 Å². The van der Waals surface area contributed by atoms with E-state index in [1.807, 2.05) is 49.4 Å². The minimum Gasteiger partial charge on any atom is -0.497 e. The van der Waals surface area contributed by atoms with Gasteiger partial charge in [0.2, 0.25) is 0 Å². The van der Waals surface area contributed by atoms with Gasteiger partial charge >= 0.3 is 0 Å². The number of benzene rings is 2. The highest BCUT2D eigenvalue weighted by Crippen LogP contribution is 2.34. The second-order valence-corrected chi connectivity index (χ2v) is 5.19. The molecule has 0 spiro atoms. The molecule has 1 unspecified atom stereocenters. The average molecular weight is 336 g/mol. The second kappa shape index (κ2) is 6.77. The van der Waals surface area contributed by atoms with Crippen molar-refractivity contribution < 1.29 is 9.47 Å². The van der Waals surface area contributed by atoms with Crippen molar-refractivity contribution in [3.63, 3.8) is 0 Å². The van der Waals surface area contributed by atoms with Gasteiger partial charge < -0.3 is 15.2 Å². The third-order valence-electron chi connectivity index (χ3n) is 3.09. The van der Waals surface area contributed by atoms with E-state index in [2.05, 4.69) is 15.9 Å². The predicted octanol–water partition coefficient (Wildman–Crippen LogP) is 3.90. The van der Waals surface area contributed by atoms with Crippen molar-refractivity contribution in [1.82, 2.24) is 0 Å². The number of methoxy groups -OCH3 is 1. The lowest BCUT2D eigenvalue weighted by atomic mass is 9.98. The molecule has 3 nitrogen and oxygen atoms in total. The van der Waals surface area contributed by atoms with E-state index in [0.717, 1.165) is 27.1 Å². The Labute approximate surface area is 127 Å². The molecule has 0 aliphatic rings. The molecule has 0 saturated heterocycles. The Hall–Kier alpha value is -1.52. The van der Waals surface area contributed by atoms with E-state index in [4.69, 9.17) is 15.2 Å². The maximum absolute atomic E-state index is 6.41. The summed E-state index contributed by atoms with van der Waals surface area (Å²) in [6.45, 7) is 2.58. The molecule has 0 aliphatic heterocycles. The number of nitrogens with two attached hydrogens (primary N) is 1. The van der Waals surface area contributed by atoms with E-state index in [0.29, 0.717) is 6.61 Å². The smallest absolute Gasteiger partial charge is 0.124 e. The molecule has 2 rings (SSSR count). The van der Waals surface area contributed by atoms with Crippen molar-refractivity contribution in [3.05, 3.63) is 58.1 Å². The number of para-hydroxylation sites is 1. The standard InChI is InChI=1S/C16H18BrNO2/c1-3-20-15-7-5-4-6-12(15)16(18)13-10-11(19-2)8-9-14(13)17/h4-10,16H,3,18H2,1-2H3. The first-order valence-corrected chi connectivity index (χ1v) is 7.27. The highest BCUT2D eigenvalue weighted by molar-refractivity contribution is 9.10. The first-order chi connectivity index (χ1) is 9.67. The van der Waals surface area contributed by atoms with E-state index in [9.17, 15) is 0 Å². The third kappa shape index (κ3) is 3.14. The van der Waals surface area contributed by atoms with Crippen LogP contribution < -0.4 is 15.2 Å². The average Bonchev–Trinajstić information content (AvgIpc) is 2.48. The van der Waals surface area contributed by atoms with Gasteiger partial charge in [-0.1, -0.05) is 34.1 Å². The Morgan fingerprint density at radius 1 is 1.15 bits per heavy atom. The Balaban J connectivity index is 2.43. The lowest BCUT2D eigenvalue weighted by Gasteiger charge is -2.18. The fourth-order valence-electron chi connectivity index (χ4n) is 2.08. The summed E-state index contributed by atoms with van der Waals surface area (Å²) in [5.41, 5.74) is 8.34. The van der Waals surface area contributed by atoms with Crippen LogP contribution in [-0.2, 0) is 0 Å². The van der Waals surface area contributed by atoms with Gasteiger partial charge in [-0.3, -0.25) is 0 Å². The van der Waals surface area contributed by atoms with Crippen LogP contribution in [0, 0.1) is 0 Å². The molecule has 0 saturated carbocycles. The van der Waals surface area contributed by atoms with E-state index in [1.54, 1.807) is 7.11 Å². The van der Waals surface area contributed by atoms with Gasteiger partial charge in [0, 0.05) is 10.0 Å². The Morgan fingerprint density at radius 2 is 1.90 bits per heavy atom. The summed E-state index contributed by atoms with van der Waals surface area (Å²) in [6.07, 6.45) is 0. The molecule has 0 radical (unpaired) electrons. The zero-order valence-corrected chi connectivity index (χ0v) is 13.2. The molecular formula is C16H18BrNO2. The van der Waals surface area contributed by atoms with Gasteiger partial charge in [-0.2, -0.15) is 0 Å². The summed E-state index contributed by atoms with van der Waals surface area (Å²) >= 11 is 3.54. The van der Waals surface area contributed by atoms with Crippen molar-refractivity contribution in [1.29, 1.82) is 0 Å². The lowest BCUT2D eigenvalue weighted by Crippen LogP contribution is -2.14. The molecule has 0 amide bonds. The lowest BCUT2D eigenvalue weighted by molar-refractivity contribution is 0.335. The van der Waals surface area contributed by atoms with Crippen LogP contribution in [0.1, 0.15) is 24.1 Å². The summed E-state index contributed by atoms with van der Waals surface area (Å²) in [6, 6.07) is 13.3. The number of halogens is 1. The minimum atomic E-state index is -0.276. The molecule has 2 aromatic carbocycles. The summed E-state index contributed by atoms with van der Waals surface area (Å²) in [7, 11) is 1.65. The molecule has 0 heterocycles. The maximum atomic E-state index is 6.41. The Bertz CT molecular complexity index is 586. The van der Waals surface area contributed by atoms with Crippen LogP contribution in [0.4, 0.5) is 0 Å². The zero-order valence-electron chi connectivity index (χ0n) is 11.6. The molecule has 0 aromatic heterocycles. The van der Waals surface area contributed by atoms with Crippen LogP contribution in [0.25, 0.3) is 0 Å². The SMILES string of the molecule is CCOc1ccccc1C(N)c1cc(OC)ccc1Br. The first-order valence-electron chi connectivity index (χ1n) is 6.48. The van der Waals surface area contributed by atoms with Crippen LogP contribution in [-0.4, -0.2) is 13.7 Å². The Morgan fingerprint density at radius 3 is 2.60 bits per heavy atom. The highest BCUT2D eigenvalue weighted by Gasteiger charge is 2.17. The predicted molar refractivity (Wildman–Crippen MR) is 84.3 cm³/mol. The normalized spacial score (nSPS) is 12.0.